The number of nitrogens with zero attached hydrogens (tertiary/aromatic N) is 2. The van der Waals surface area contributed by atoms with Crippen LogP contribution < -0.4 is 0 Å². The van der Waals surface area contributed by atoms with Crippen molar-refractivity contribution in [3.05, 3.63) is 65.7 Å². The van der Waals surface area contributed by atoms with Gasteiger partial charge in [0, 0.05) is 65.6 Å². The minimum atomic E-state index is -1.26. The molecule has 2 aromatic rings. The van der Waals surface area contributed by atoms with Crippen LogP contribution >= 0.6 is 23.5 Å². The number of fused-ring (bicyclic) bond motifs is 2. The van der Waals surface area contributed by atoms with Crippen molar-refractivity contribution in [3.63, 3.8) is 0 Å². The fourth-order valence-electron chi connectivity index (χ4n) is 4.30. The van der Waals surface area contributed by atoms with Crippen LogP contribution in [0.25, 0.3) is 0 Å². The minimum Gasteiger partial charge on any atom is -0.478 e. The Morgan fingerprint density at radius 1 is 1.06 bits per heavy atom. The summed E-state index contributed by atoms with van der Waals surface area (Å²) in [6.45, 7) is 4.22. The van der Waals surface area contributed by atoms with E-state index in [9.17, 15) is 14.7 Å². The van der Waals surface area contributed by atoms with Gasteiger partial charge in [0.2, 0.25) is 0 Å². The third kappa shape index (κ3) is 8.09. The van der Waals surface area contributed by atoms with Gasteiger partial charge in [-0.1, -0.05) is 30.0 Å². The molecule has 2 aliphatic heterocycles. The molecule has 10 heteroatoms. The van der Waals surface area contributed by atoms with Crippen LogP contribution in [-0.4, -0.2) is 93.9 Å². The van der Waals surface area contributed by atoms with Gasteiger partial charge in [-0.25, -0.2) is 9.59 Å². The molecule has 0 spiro atoms. The summed E-state index contributed by atoms with van der Waals surface area (Å²) >= 11 is 3.70. The third-order valence-corrected chi connectivity index (χ3v) is 8.01. The molecule has 2 heterocycles. The molecule has 0 radical (unpaired) electrons. The lowest BCUT2D eigenvalue weighted by Crippen LogP contribution is -2.50. The zero-order valence-corrected chi connectivity index (χ0v) is 21.7. The lowest BCUT2D eigenvalue weighted by molar-refractivity contribution is -0.134. The molecule has 2 aromatic carbocycles. The van der Waals surface area contributed by atoms with E-state index in [1.165, 1.54) is 25.8 Å². The predicted octanol–water partition coefficient (Wildman–Crippen LogP) is 2.84. The van der Waals surface area contributed by atoms with Gasteiger partial charge in [-0.15, -0.1) is 11.8 Å². The number of carboxylic acids is 2. The molecule has 8 nitrogen and oxygen atoms in total. The van der Waals surface area contributed by atoms with Crippen molar-refractivity contribution in [3.8, 4) is 0 Å². The van der Waals surface area contributed by atoms with Crippen molar-refractivity contribution in [1.82, 2.24) is 9.80 Å². The highest BCUT2D eigenvalue weighted by molar-refractivity contribution is 7.99. The van der Waals surface area contributed by atoms with Crippen LogP contribution in [0.1, 0.15) is 17.2 Å². The summed E-state index contributed by atoms with van der Waals surface area (Å²) < 4.78 is 0. The van der Waals surface area contributed by atoms with Gasteiger partial charge >= 0.3 is 11.9 Å². The zero-order valence-electron chi connectivity index (χ0n) is 20.1. The molecule has 2 aliphatic rings. The Balaban J connectivity index is 0.000000392. The lowest BCUT2D eigenvalue weighted by Gasteiger charge is -2.40. The Kier molecular flexibility index (Phi) is 10.8. The Hall–Kier alpha value is -2.34. The lowest BCUT2D eigenvalue weighted by atomic mass is 9.96. The maximum atomic E-state index is 9.75. The maximum absolute atomic E-state index is 9.75. The fraction of sp³-hybridized carbons (Fsp3) is 0.385. The first kappa shape index (κ1) is 28.2. The van der Waals surface area contributed by atoms with Crippen molar-refractivity contribution in [2.45, 2.75) is 33.3 Å². The average Bonchev–Trinajstić information content (AvgIpc) is 3.04. The molecule has 4 rings (SSSR count). The quantitative estimate of drug-likeness (QED) is 0.313. The number of piperazine rings is 1. The highest BCUT2D eigenvalue weighted by Crippen LogP contribution is 2.44. The Morgan fingerprint density at radius 3 is 2.33 bits per heavy atom. The summed E-state index contributed by atoms with van der Waals surface area (Å²) in [4.78, 5) is 28.0. The number of aliphatic carboxylic acids is 2. The molecule has 2 unspecified atom stereocenters. The third-order valence-electron chi connectivity index (χ3n) is 6.08. The van der Waals surface area contributed by atoms with E-state index in [2.05, 4.69) is 58.5 Å². The Morgan fingerprint density at radius 2 is 1.72 bits per heavy atom. The van der Waals surface area contributed by atoms with Crippen LogP contribution in [0.5, 0.6) is 0 Å². The number of carboxylic acid groups (broad SMARTS) is 2. The van der Waals surface area contributed by atoms with Crippen LogP contribution in [0.15, 0.2) is 69.3 Å². The molecule has 36 heavy (non-hydrogen) atoms. The molecule has 0 aliphatic carbocycles. The predicted molar refractivity (Wildman–Crippen MR) is 141 cm³/mol. The number of carbonyl (C=O) groups is 2. The van der Waals surface area contributed by atoms with Gasteiger partial charge in [0.15, 0.2) is 0 Å². The molecule has 0 saturated carbocycles. The van der Waals surface area contributed by atoms with Crippen molar-refractivity contribution >= 4 is 35.5 Å². The standard InChI is InChI=1S/C22H28N2O2S2.C4H4O4/c1-27-18-6-7-22-19(13-18)20(12-16-4-2-3-5-21(16)28-22)24-10-8-23(9-11-24)14-17(26)15-25;5-3(6)1-2-4(7)8/h2-7,13,17,20,25-26H,8-12,14-15H2,1H3;1-2H,(H,5,6)(H,7,8)/b;2-1+. The summed E-state index contributed by atoms with van der Waals surface area (Å²) in [7, 11) is 0. The van der Waals surface area contributed by atoms with Crippen molar-refractivity contribution in [1.29, 1.82) is 0 Å². The highest BCUT2D eigenvalue weighted by atomic mass is 32.2. The first-order valence-electron chi connectivity index (χ1n) is 11.6. The molecule has 0 bridgehead atoms. The van der Waals surface area contributed by atoms with Crippen molar-refractivity contribution in [2.24, 2.45) is 0 Å². The van der Waals surface area contributed by atoms with E-state index in [-0.39, 0.29) is 6.61 Å². The number of β-amino-alcohol motifs (C(OH)–C–C–N with tert-alkyl or cyclic N) is 1. The molecule has 2 atom stereocenters. The summed E-state index contributed by atoms with van der Waals surface area (Å²) in [6, 6.07) is 16.1. The van der Waals surface area contributed by atoms with E-state index in [1.54, 1.807) is 11.8 Å². The topological polar surface area (TPSA) is 122 Å². The van der Waals surface area contributed by atoms with Crippen molar-refractivity contribution in [2.75, 3.05) is 45.6 Å². The van der Waals surface area contributed by atoms with Gasteiger partial charge in [-0.2, -0.15) is 0 Å². The number of thioether (sulfide) groups is 1. The highest BCUT2D eigenvalue weighted by Gasteiger charge is 2.30. The van der Waals surface area contributed by atoms with Gasteiger partial charge < -0.3 is 20.4 Å². The number of aliphatic hydroxyl groups excluding tert-OH is 2. The van der Waals surface area contributed by atoms with E-state index in [4.69, 9.17) is 15.3 Å². The second kappa shape index (κ2) is 13.8. The number of hydrogen-bond acceptors (Lipinski definition) is 8. The number of hydrogen-bond donors (Lipinski definition) is 4. The summed E-state index contributed by atoms with van der Waals surface area (Å²) in [6.07, 6.45) is 3.65. The molecule has 4 N–H and O–H groups in total. The minimum absolute atomic E-state index is 0.165. The summed E-state index contributed by atoms with van der Waals surface area (Å²) in [5.41, 5.74) is 2.87. The first-order chi connectivity index (χ1) is 17.3. The summed E-state index contributed by atoms with van der Waals surface area (Å²) in [5, 5.41) is 34.5. The van der Waals surface area contributed by atoms with Crippen molar-refractivity contribution < 1.29 is 30.0 Å². The van der Waals surface area contributed by atoms with Crippen LogP contribution in [0.2, 0.25) is 0 Å². The van der Waals surface area contributed by atoms with Crippen LogP contribution in [0.4, 0.5) is 0 Å². The zero-order chi connectivity index (χ0) is 26.1. The monoisotopic (exact) mass is 532 g/mol. The molecule has 194 valence electrons. The van der Waals surface area contributed by atoms with E-state index < -0.39 is 18.0 Å². The van der Waals surface area contributed by atoms with E-state index in [0.717, 1.165) is 32.6 Å². The van der Waals surface area contributed by atoms with Crippen LogP contribution in [0, 0.1) is 0 Å². The van der Waals surface area contributed by atoms with E-state index in [0.29, 0.717) is 24.7 Å². The smallest absolute Gasteiger partial charge is 0.328 e. The molecule has 1 saturated heterocycles. The molecule has 0 amide bonds. The van der Waals surface area contributed by atoms with Gasteiger partial charge in [0.25, 0.3) is 0 Å². The number of benzene rings is 2. The second-order valence-electron chi connectivity index (χ2n) is 8.52. The first-order valence-corrected chi connectivity index (χ1v) is 13.7. The Bertz CT molecular complexity index is 1060. The van der Waals surface area contributed by atoms with Gasteiger partial charge in [0.1, 0.15) is 0 Å². The molecule has 0 aromatic heterocycles. The number of aliphatic hydroxyl groups is 2. The van der Waals surface area contributed by atoms with Gasteiger partial charge in [-0.05, 0) is 48.1 Å². The van der Waals surface area contributed by atoms with Crippen LogP contribution in [0.3, 0.4) is 0 Å². The normalized spacial score (nSPS) is 18.9. The van der Waals surface area contributed by atoms with Gasteiger partial charge in [-0.3, -0.25) is 9.80 Å². The molecular weight excluding hydrogens is 500 g/mol. The molecule has 1 fully saturated rings. The fourth-order valence-corrected chi connectivity index (χ4v) is 5.86. The largest absolute Gasteiger partial charge is 0.478 e. The number of rotatable bonds is 7. The van der Waals surface area contributed by atoms with E-state index in [1.807, 2.05) is 11.8 Å². The van der Waals surface area contributed by atoms with Gasteiger partial charge in [0.05, 0.1) is 12.7 Å². The SMILES string of the molecule is CSc1ccc2c(c1)C(N1CCN(CC(O)CO)CC1)Cc1ccccc1S2.O=C(O)/C=C/C(=O)O. The summed E-state index contributed by atoms with van der Waals surface area (Å²) in [5.74, 6) is -2.51. The average molecular weight is 533 g/mol. The Labute approximate surface area is 219 Å². The molecular formula is C26H32N2O6S2. The second-order valence-corrected chi connectivity index (χ2v) is 10.5. The van der Waals surface area contributed by atoms with Crippen LogP contribution in [-0.2, 0) is 16.0 Å². The van der Waals surface area contributed by atoms with E-state index >= 15 is 0 Å². The maximum Gasteiger partial charge on any atom is 0.328 e.